The maximum atomic E-state index is 12.3. The molecule has 1 fully saturated rings. The van der Waals surface area contributed by atoms with Crippen LogP contribution < -0.4 is 5.73 Å². The van der Waals surface area contributed by atoms with E-state index < -0.39 is 0 Å². The van der Waals surface area contributed by atoms with Gasteiger partial charge in [-0.2, -0.15) is 0 Å². The van der Waals surface area contributed by atoms with Crippen molar-refractivity contribution in [3.05, 3.63) is 29.6 Å². The molecule has 5 heteroatoms. The highest BCUT2D eigenvalue weighted by Gasteiger charge is 2.23. The molecule has 1 aliphatic rings. The molecule has 0 unspecified atom stereocenters. The van der Waals surface area contributed by atoms with Gasteiger partial charge in [-0.15, -0.1) is 0 Å². The first-order valence-corrected chi connectivity index (χ1v) is 6.80. The predicted octanol–water partition coefficient (Wildman–Crippen LogP) is 0.707. The molecule has 104 valence electrons. The van der Waals surface area contributed by atoms with Gasteiger partial charge in [-0.25, -0.2) is 0 Å². The normalized spacial score (nSPS) is 16.9. The van der Waals surface area contributed by atoms with Gasteiger partial charge in [-0.05, 0) is 25.5 Å². The maximum absolute atomic E-state index is 12.3. The van der Waals surface area contributed by atoms with Crippen LogP contribution in [0.5, 0.6) is 0 Å². The van der Waals surface area contributed by atoms with E-state index in [1.165, 1.54) is 0 Å². The molecule has 0 radical (unpaired) electrons. The van der Waals surface area contributed by atoms with Gasteiger partial charge in [0.25, 0.3) is 5.91 Å². The minimum absolute atomic E-state index is 0.0203. The summed E-state index contributed by atoms with van der Waals surface area (Å²) in [5, 5.41) is 0. The first-order valence-electron chi connectivity index (χ1n) is 6.80. The first-order chi connectivity index (χ1) is 9.11. The summed E-state index contributed by atoms with van der Waals surface area (Å²) in [6, 6.07) is 4.17. The van der Waals surface area contributed by atoms with Crippen molar-refractivity contribution in [2.24, 2.45) is 5.73 Å². The van der Waals surface area contributed by atoms with E-state index in [0.717, 1.165) is 31.7 Å². The van der Waals surface area contributed by atoms with Gasteiger partial charge in [0.1, 0.15) is 5.69 Å². The van der Waals surface area contributed by atoms with Crippen molar-refractivity contribution in [1.82, 2.24) is 14.8 Å². The third kappa shape index (κ3) is 3.30. The molecule has 1 aromatic heterocycles. The van der Waals surface area contributed by atoms with E-state index in [0.29, 0.717) is 18.3 Å². The molecule has 0 spiro atoms. The van der Waals surface area contributed by atoms with Gasteiger partial charge in [0.05, 0.1) is 0 Å². The molecule has 0 atom stereocenters. The van der Waals surface area contributed by atoms with Crippen molar-refractivity contribution in [1.29, 1.82) is 0 Å². The second-order valence-electron chi connectivity index (χ2n) is 5.18. The Hall–Kier alpha value is -1.46. The number of hydrogen-bond acceptors (Lipinski definition) is 4. The van der Waals surface area contributed by atoms with Crippen LogP contribution in [0.15, 0.2) is 18.3 Å². The van der Waals surface area contributed by atoms with Crippen molar-refractivity contribution < 1.29 is 4.79 Å². The van der Waals surface area contributed by atoms with Crippen LogP contribution >= 0.6 is 0 Å². The molecule has 0 aromatic carbocycles. The van der Waals surface area contributed by atoms with Crippen LogP contribution in [0, 0.1) is 0 Å². The van der Waals surface area contributed by atoms with Gasteiger partial charge in [0, 0.05) is 45.0 Å². The van der Waals surface area contributed by atoms with Gasteiger partial charge in [0.2, 0.25) is 0 Å². The van der Waals surface area contributed by atoms with Crippen LogP contribution in [0.1, 0.15) is 29.9 Å². The molecule has 19 heavy (non-hydrogen) atoms. The van der Waals surface area contributed by atoms with Gasteiger partial charge < -0.3 is 10.6 Å². The standard InChI is InChI=1S/C14H22N4O/c1-11(2)17-5-7-18(8-6-17)14(19)13-4-3-12(9-15)10-16-13/h3-4,10-11H,5-9,15H2,1-2H3. The predicted molar refractivity (Wildman–Crippen MR) is 74.7 cm³/mol. The van der Waals surface area contributed by atoms with Gasteiger partial charge in [-0.1, -0.05) is 6.07 Å². The first kappa shape index (κ1) is 14.0. The summed E-state index contributed by atoms with van der Waals surface area (Å²) in [5.41, 5.74) is 6.98. The van der Waals surface area contributed by atoms with Crippen LogP contribution in [0.3, 0.4) is 0 Å². The zero-order valence-electron chi connectivity index (χ0n) is 11.7. The lowest BCUT2D eigenvalue weighted by molar-refractivity contribution is 0.0590. The average molecular weight is 262 g/mol. The monoisotopic (exact) mass is 262 g/mol. The zero-order valence-corrected chi connectivity index (χ0v) is 11.7. The third-order valence-electron chi connectivity index (χ3n) is 3.61. The lowest BCUT2D eigenvalue weighted by Gasteiger charge is -2.36. The average Bonchev–Trinajstić information content (AvgIpc) is 2.46. The Morgan fingerprint density at radius 2 is 2.00 bits per heavy atom. The number of carbonyl (C=O) groups is 1. The van der Waals surface area contributed by atoms with Gasteiger partial charge in [0.15, 0.2) is 0 Å². The largest absolute Gasteiger partial charge is 0.335 e. The second kappa shape index (κ2) is 6.12. The number of piperazine rings is 1. The molecule has 2 N–H and O–H groups in total. The fourth-order valence-corrected chi connectivity index (χ4v) is 2.28. The summed E-state index contributed by atoms with van der Waals surface area (Å²) in [5.74, 6) is 0.0203. The highest BCUT2D eigenvalue weighted by Crippen LogP contribution is 2.09. The minimum Gasteiger partial charge on any atom is -0.335 e. The van der Waals surface area contributed by atoms with Crippen LogP contribution in [0.25, 0.3) is 0 Å². The van der Waals surface area contributed by atoms with Gasteiger partial charge >= 0.3 is 0 Å². The Balaban J connectivity index is 1.97. The molecule has 5 nitrogen and oxygen atoms in total. The zero-order chi connectivity index (χ0) is 13.8. The minimum atomic E-state index is 0.0203. The Morgan fingerprint density at radius 3 is 2.47 bits per heavy atom. The lowest BCUT2D eigenvalue weighted by atomic mass is 10.2. The second-order valence-corrected chi connectivity index (χ2v) is 5.18. The van der Waals surface area contributed by atoms with Crippen LogP contribution in [0.4, 0.5) is 0 Å². The Bertz CT molecular complexity index is 422. The van der Waals surface area contributed by atoms with E-state index in [-0.39, 0.29) is 5.91 Å². The summed E-state index contributed by atoms with van der Waals surface area (Å²) >= 11 is 0. The van der Waals surface area contributed by atoms with E-state index in [1.807, 2.05) is 11.0 Å². The van der Waals surface area contributed by atoms with Crippen molar-refractivity contribution in [3.63, 3.8) is 0 Å². The fraction of sp³-hybridized carbons (Fsp3) is 0.571. The summed E-state index contributed by atoms with van der Waals surface area (Å²) in [4.78, 5) is 20.7. The molecule has 1 amide bonds. The number of rotatable bonds is 3. The molecule has 1 saturated heterocycles. The van der Waals surface area contributed by atoms with E-state index in [9.17, 15) is 4.79 Å². The summed E-state index contributed by atoms with van der Waals surface area (Å²) in [6.07, 6.45) is 1.68. The van der Waals surface area contributed by atoms with E-state index in [1.54, 1.807) is 12.3 Å². The van der Waals surface area contributed by atoms with Crippen molar-refractivity contribution in [2.75, 3.05) is 26.2 Å². The van der Waals surface area contributed by atoms with E-state index >= 15 is 0 Å². The number of carbonyl (C=O) groups excluding carboxylic acids is 1. The molecule has 0 bridgehead atoms. The Morgan fingerprint density at radius 1 is 1.32 bits per heavy atom. The van der Waals surface area contributed by atoms with E-state index in [2.05, 4.69) is 23.7 Å². The number of pyridine rings is 1. The SMILES string of the molecule is CC(C)N1CCN(C(=O)c2ccc(CN)cn2)CC1. The number of hydrogen-bond donors (Lipinski definition) is 1. The fourth-order valence-electron chi connectivity index (χ4n) is 2.28. The van der Waals surface area contributed by atoms with Crippen molar-refractivity contribution in [2.45, 2.75) is 26.4 Å². The molecular weight excluding hydrogens is 240 g/mol. The summed E-state index contributed by atoms with van der Waals surface area (Å²) < 4.78 is 0. The van der Waals surface area contributed by atoms with Crippen LogP contribution in [-0.2, 0) is 6.54 Å². The highest BCUT2D eigenvalue weighted by atomic mass is 16.2. The number of nitrogens with zero attached hydrogens (tertiary/aromatic N) is 3. The number of amides is 1. The van der Waals surface area contributed by atoms with Gasteiger partial charge in [-0.3, -0.25) is 14.7 Å². The topological polar surface area (TPSA) is 62.5 Å². The van der Waals surface area contributed by atoms with E-state index in [4.69, 9.17) is 5.73 Å². The Labute approximate surface area is 114 Å². The molecule has 1 aliphatic heterocycles. The Kier molecular flexibility index (Phi) is 4.50. The molecule has 0 aliphatic carbocycles. The smallest absolute Gasteiger partial charge is 0.272 e. The van der Waals surface area contributed by atoms with Crippen molar-refractivity contribution >= 4 is 5.91 Å². The molecule has 0 saturated carbocycles. The number of nitrogens with two attached hydrogens (primary N) is 1. The molecule has 2 heterocycles. The summed E-state index contributed by atoms with van der Waals surface area (Å²) in [6.45, 7) is 8.24. The molecule has 1 aromatic rings. The maximum Gasteiger partial charge on any atom is 0.272 e. The molecular formula is C14H22N4O. The van der Waals surface area contributed by atoms with Crippen LogP contribution in [0.2, 0.25) is 0 Å². The lowest BCUT2D eigenvalue weighted by Crippen LogP contribution is -2.50. The highest BCUT2D eigenvalue weighted by molar-refractivity contribution is 5.92. The number of aromatic nitrogens is 1. The third-order valence-corrected chi connectivity index (χ3v) is 3.61. The van der Waals surface area contributed by atoms with Crippen LogP contribution in [-0.4, -0.2) is 52.9 Å². The summed E-state index contributed by atoms with van der Waals surface area (Å²) in [7, 11) is 0. The molecule has 2 rings (SSSR count). The quantitative estimate of drug-likeness (QED) is 0.871. The van der Waals surface area contributed by atoms with Crippen molar-refractivity contribution in [3.8, 4) is 0 Å².